The van der Waals surface area contributed by atoms with E-state index in [1.165, 1.54) is 14.2 Å². The fraction of sp³-hybridized carbons (Fsp3) is 0.300. The van der Waals surface area contributed by atoms with Crippen molar-refractivity contribution in [3.05, 3.63) is 47.5 Å². The number of carbonyl (C=O) groups excluding carboxylic acids is 1. The van der Waals surface area contributed by atoms with Gasteiger partial charge in [0.2, 0.25) is 0 Å². The number of hydrogen-bond donors (Lipinski definition) is 2. The first kappa shape index (κ1) is 24.3. The van der Waals surface area contributed by atoms with Crippen molar-refractivity contribution >= 4 is 41.6 Å². The van der Waals surface area contributed by atoms with Crippen molar-refractivity contribution in [2.24, 2.45) is 4.99 Å². The lowest BCUT2D eigenvalue weighted by Gasteiger charge is -2.15. The predicted molar refractivity (Wildman–Crippen MR) is 123 cm³/mol. The molecule has 0 saturated heterocycles. The van der Waals surface area contributed by atoms with Crippen molar-refractivity contribution in [2.75, 3.05) is 40.8 Å². The second-order valence-electron chi connectivity index (χ2n) is 5.65. The van der Waals surface area contributed by atoms with Gasteiger partial charge in [-0.25, -0.2) is 4.79 Å². The standard InChI is InChI=1S/C20H25N3O5.HI/c1-21-20(23-14-7-9-16(25-2)18(11-14)27-4)22-12-13-6-8-15(19(24)28-5)17(10-13)26-3;/h6-11H,12H2,1-5H3,(H2,21,22,23);1H. The summed E-state index contributed by atoms with van der Waals surface area (Å²) in [4.78, 5) is 16.0. The number of esters is 1. The summed E-state index contributed by atoms with van der Waals surface area (Å²) in [5.41, 5.74) is 2.09. The molecule has 0 amide bonds. The first-order valence-electron chi connectivity index (χ1n) is 8.51. The molecule has 0 atom stereocenters. The summed E-state index contributed by atoms with van der Waals surface area (Å²) in [5.74, 6) is 1.85. The Morgan fingerprint density at radius 2 is 1.62 bits per heavy atom. The Bertz CT molecular complexity index is 858. The summed E-state index contributed by atoms with van der Waals surface area (Å²) in [6, 6.07) is 10.8. The molecule has 2 N–H and O–H groups in total. The molecule has 0 radical (unpaired) electrons. The predicted octanol–water partition coefficient (Wildman–Crippen LogP) is 3.30. The highest BCUT2D eigenvalue weighted by molar-refractivity contribution is 14.0. The first-order chi connectivity index (χ1) is 13.6. The normalized spacial score (nSPS) is 10.4. The van der Waals surface area contributed by atoms with E-state index in [1.807, 2.05) is 24.3 Å². The maximum atomic E-state index is 11.8. The fourth-order valence-corrected chi connectivity index (χ4v) is 2.54. The summed E-state index contributed by atoms with van der Waals surface area (Å²) in [6.07, 6.45) is 0. The molecule has 0 aromatic heterocycles. The van der Waals surface area contributed by atoms with E-state index in [9.17, 15) is 4.79 Å². The van der Waals surface area contributed by atoms with Gasteiger partial charge in [-0.3, -0.25) is 4.99 Å². The number of rotatable bonds is 7. The van der Waals surface area contributed by atoms with Crippen LogP contribution in [0.3, 0.4) is 0 Å². The molecular weight excluding hydrogens is 489 g/mol. The molecule has 0 aliphatic heterocycles. The third kappa shape index (κ3) is 6.41. The van der Waals surface area contributed by atoms with Crippen LogP contribution in [0.1, 0.15) is 15.9 Å². The number of nitrogens with one attached hydrogen (secondary N) is 2. The lowest BCUT2D eigenvalue weighted by Crippen LogP contribution is -2.30. The van der Waals surface area contributed by atoms with E-state index in [1.54, 1.807) is 33.4 Å². The maximum Gasteiger partial charge on any atom is 0.341 e. The molecule has 0 spiro atoms. The third-order valence-corrected chi connectivity index (χ3v) is 4.00. The number of aliphatic imine (C=N–C) groups is 1. The van der Waals surface area contributed by atoms with Gasteiger partial charge in [-0.1, -0.05) is 6.07 Å². The van der Waals surface area contributed by atoms with Crippen LogP contribution in [0.4, 0.5) is 5.69 Å². The van der Waals surface area contributed by atoms with Gasteiger partial charge in [0.1, 0.15) is 11.3 Å². The lowest BCUT2D eigenvalue weighted by molar-refractivity contribution is 0.0597. The monoisotopic (exact) mass is 515 g/mol. The highest BCUT2D eigenvalue weighted by Gasteiger charge is 2.13. The van der Waals surface area contributed by atoms with Crippen molar-refractivity contribution in [2.45, 2.75) is 6.54 Å². The van der Waals surface area contributed by atoms with Crippen LogP contribution in [0, 0.1) is 0 Å². The second kappa shape index (κ2) is 12.0. The number of nitrogens with zero attached hydrogens (tertiary/aromatic N) is 1. The minimum Gasteiger partial charge on any atom is -0.496 e. The number of carbonyl (C=O) groups is 1. The van der Waals surface area contributed by atoms with Crippen LogP contribution < -0.4 is 24.8 Å². The maximum absolute atomic E-state index is 11.8. The van der Waals surface area contributed by atoms with E-state index in [2.05, 4.69) is 15.6 Å². The third-order valence-electron chi connectivity index (χ3n) is 4.00. The van der Waals surface area contributed by atoms with Gasteiger partial charge in [-0.15, -0.1) is 24.0 Å². The zero-order chi connectivity index (χ0) is 20.5. The van der Waals surface area contributed by atoms with E-state index >= 15 is 0 Å². The smallest absolute Gasteiger partial charge is 0.341 e. The molecule has 2 aromatic rings. The fourth-order valence-electron chi connectivity index (χ4n) is 2.54. The molecule has 0 aliphatic rings. The first-order valence-corrected chi connectivity index (χ1v) is 8.51. The van der Waals surface area contributed by atoms with Crippen LogP contribution in [0.5, 0.6) is 17.2 Å². The van der Waals surface area contributed by atoms with Crippen molar-refractivity contribution in [1.29, 1.82) is 0 Å². The van der Waals surface area contributed by atoms with E-state index in [0.717, 1.165) is 11.3 Å². The van der Waals surface area contributed by atoms with Gasteiger partial charge in [0.25, 0.3) is 0 Å². The molecule has 0 bridgehead atoms. The van der Waals surface area contributed by atoms with E-state index in [-0.39, 0.29) is 24.0 Å². The largest absolute Gasteiger partial charge is 0.496 e. The summed E-state index contributed by atoms with van der Waals surface area (Å²) >= 11 is 0. The molecule has 2 aromatic carbocycles. The van der Waals surface area contributed by atoms with Gasteiger partial charge in [-0.2, -0.15) is 0 Å². The van der Waals surface area contributed by atoms with Gasteiger partial charge >= 0.3 is 5.97 Å². The highest BCUT2D eigenvalue weighted by atomic mass is 127. The number of benzene rings is 2. The lowest BCUT2D eigenvalue weighted by atomic mass is 10.1. The SMILES string of the molecule is CN=C(NCc1ccc(C(=O)OC)c(OC)c1)Nc1ccc(OC)c(OC)c1.I. The summed E-state index contributed by atoms with van der Waals surface area (Å²) in [5, 5.41) is 6.40. The van der Waals surface area contributed by atoms with Gasteiger partial charge in [0, 0.05) is 25.3 Å². The van der Waals surface area contributed by atoms with Crippen LogP contribution in [0.15, 0.2) is 41.4 Å². The van der Waals surface area contributed by atoms with Gasteiger partial charge in [-0.05, 0) is 29.8 Å². The summed E-state index contributed by atoms with van der Waals surface area (Å²) < 4.78 is 20.6. The van der Waals surface area contributed by atoms with Crippen molar-refractivity contribution < 1.29 is 23.7 Å². The number of hydrogen-bond acceptors (Lipinski definition) is 6. The molecule has 8 nitrogen and oxygen atoms in total. The Kier molecular flexibility index (Phi) is 10.1. The topological polar surface area (TPSA) is 90.4 Å². The molecule has 2 rings (SSSR count). The second-order valence-corrected chi connectivity index (χ2v) is 5.65. The van der Waals surface area contributed by atoms with Crippen LogP contribution >= 0.6 is 24.0 Å². The van der Waals surface area contributed by atoms with Crippen LogP contribution in [-0.2, 0) is 11.3 Å². The van der Waals surface area contributed by atoms with Crippen LogP contribution in [0.2, 0.25) is 0 Å². The Hall–Kier alpha value is -2.69. The number of halogens is 1. The highest BCUT2D eigenvalue weighted by Crippen LogP contribution is 2.29. The zero-order valence-corrected chi connectivity index (χ0v) is 19.4. The molecule has 0 aliphatic carbocycles. The molecule has 0 saturated carbocycles. The molecule has 0 unspecified atom stereocenters. The Balaban J connectivity index is 0.00000420. The molecule has 158 valence electrons. The molecule has 9 heteroatoms. The van der Waals surface area contributed by atoms with E-state index in [4.69, 9.17) is 18.9 Å². The zero-order valence-electron chi connectivity index (χ0n) is 17.1. The van der Waals surface area contributed by atoms with Crippen molar-refractivity contribution in [3.63, 3.8) is 0 Å². The van der Waals surface area contributed by atoms with Crippen LogP contribution in [-0.4, -0.2) is 47.4 Å². The Labute approximate surface area is 187 Å². The average Bonchev–Trinajstić information content (AvgIpc) is 2.75. The minimum atomic E-state index is -0.442. The summed E-state index contributed by atoms with van der Waals surface area (Å²) in [6.45, 7) is 0.477. The molecular formula is C20H26IN3O5. The quantitative estimate of drug-likeness (QED) is 0.253. The van der Waals surface area contributed by atoms with Gasteiger partial charge in [0.05, 0.1) is 28.4 Å². The molecule has 0 fully saturated rings. The molecule has 0 heterocycles. The number of guanidine groups is 1. The number of methoxy groups -OCH3 is 4. The van der Waals surface area contributed by atoms with Gasteiger partial charge < -0.3 is 29.6 Å². The number of anilines is 1. The Morgan fingerprint density at radius 1 is 0.931 bits per heavy atom. The van der Waals surface area contributed by atoms with Gasteiger partial charge in [0.15, 0.2) is 17.5 Å². The Morgan fingerprint density at radius 3 is 2.21 bits per heavy atom. The summed E-state index contributed by atoms with van der Waals surface area (Å²) in [7, 11) is 7.69. The van der Waals surface area contributed by atoms with Crippen LogP contribution in [0.25, 0.3) is 0 Å². The number of ether oxygens (including phenoxy) is 4. The average molecular weight is 515 g/mol. The van der Waals surface area contributed by atoms with Crippen molar-refractivity contribution in [3.8, 4) is 17.2 Å². The van der Waals surface area contributed by atoms with Crippen molar-refractivity contribution in [1.82, 2.24) is 5.32 Å². The molecule has 29 heavy (non-hydrogen) atoms. The van der Waals surface area contributed by atoms with E-state index < -0.39 is 5.97 Å². The van der Waals surface area contributed by atoms with E-state index in [0.29, 0.717) is 35.3 Å². The minimum absolute atomic E-state index is 0.